The second-order valence-corrected chi connectivity index (χ2v) is 2.48. The molecule has 1 N–H and O–H groups in total. The Bertz CT molecular complexity index is 87.1. The van der Waals surface area contributed by atoms with Crippen LogP contribution in [0.3, 0.4) is 0 Å². The van der Waals surface area contributed by atoms with Crippen LogP contribution in [0.15, 0.2) is 0 Å². The highest BCUT2D eigenvalue weighted by Crippen LogP contribution is 1.94. The molecule has 0 aromatic heterocycles. The number of aliphatic hydroxyl groups excluding tert-OH is 1. The fourth-order valence-corrected chi connectivity index (χ4v) is 0.759. The lowest BCUT2D eigenvalue weighted by Crippen LogP contribution is -2.18. The van der Waals surface area contributed by atoms with Crippen molar-refractivity contribution in [1.29, 1.82) is 0 Å². The molecule has 4 heteroatoms. The lowest BCUT2D eigenvalue weighted by molar-refractivity contribution is -0.132. The van der Waals surface area contributed by atoms with Gasteiger partial charge in [0.1, 0.15) is 0 Å². The fraction of sp³-hybridized carbons (Fsp3) is 1.00. The first-order chi connectivity index (χ1) is 5.81. The smallest absolute Gasteiger partial charge is 0.178 e. The maximum Gasteiger partial charge on any atom is 0.178 e. The molecular formula is C8H18O4. The molecule has 74 valence electrons. The van der Waals surface area contributed by atoms with Gasteiger partial charge in [0, 0.05) is 27.4 Å². The van der Waals surface area contributed by atoms with Crippen LogP contribution in [-0.2, 0) is 14.2 Å². The summed E-state index contributed by atoms with van der Waals surface area (Å²) in [5.74, 6) is 0. The number of aliphatic hydroxyl groups is 1. The largest absolute Gasteiger partial charge is 0.385 e. The van der Waals surface area contributed by atoms with Crippen LogP contribution >= 0.6 is 0 Å². The molecule has 0 aromatic rings. The van der Waals surface area contributed by atoms with Crippen molar-refractivity contribution in [3.05, 3.63) is 0 Å². The standard InChI is InChI=1S/C8H18O4/c1-10-5-3-4-6-12-8(9)7-11-2/h8-9H,3-7H2,1-2H3. The summed E-state index contributed by atoms with van der Waals surface area (Å²) < 4.78 is 14.5. The quantitative estimate of drug-likeness (QED) is 0.431. The molecule has 4 nitrogen and oxygen atoms in total. The minimum absolute atomic E-state index is 0.226. The van der Waals surface area contributed by atoms with E-state index < -0.39 is 6.29 Å². The Balaban J connectivity index is 2.97. The molecular weight excluding hydrogens is 160 g/mol. The first-order valence-corrected chi connectivity index (χ1v) is 4.08. The second kappa shape index (κ2) is 8.93. The Morgan fingerprint density at radius 1 is 1.08 bits per heavy atom. The van der Waals surface area contributed by atoms with Gasteiger partial charge >= 0.3 is 0 Å². The zero-order chi connectivity index (χ0) is 9.23. The van der Waals surface area contributed by atoms with Crippen LogP contribution in [0.25, 0.3) is 0 Å². The summed E-state index contributed by atoms with van der Waals surface area (Å²) >= 11 is 0. The molecule has 0 aromatic carbocycles. The number of ether oxygens (including phenoxy) is 3. The summed E-state index contributed by atoms with van der Waals surface area (Å²) in [4.78, 5) is 0. The van der Waals surface area contributed by atoms with Crippen molar-refractivity contribution in [2.24, 2.45) is 0 Å². The first kappa shape index (κ1) is 11.8. The van der Waals surface area contributed by atoms with Crippen LogP contribution in [0.2, 0.25) is 0 Å². The second-order valence-electron chi connectivity index (χ2n) is 2.48. The molecule has 0 amide bonds. The molecule has 1 unspecified atom stereocenters. The van der Waals surface area contributed by atoms with E-state index in [1.807, 2.05) is 0 Å². The molecule has 0 heterocycles. The van der Waals surface area contributed by atoms with Gasteiger partial charge in [0.05, 0.1) is 6.61 Å². The van der Waals surface area contributed by atoms with E-state index >= 15 is 0 Å². The van der Waals surface area contributed by atoms with Crippen LogP contribution in [-0.4, -0.2) is 45.4 Å². The zero-order valence-electron chi connectivity index (χ0n) is 7.78. The SMILES string of the molecule is COCCCCOC(O)COC. The van der Waals surface area contributed by atoms with Gasteiger partial charge in [0.15, 0.2) is 6.29 Å². The Kier molecular flexibility index (Phi) is 8.81. The van der Waals surface area contributed by atoms with Gasteiger partial charge in [0.25, 0.3) is 0 Å². The van der Waals surface area contributed by atoms with Gasteiger partial charge in [0.2, 0.25) is 0 Å². The van der Waals surface area contributed by atoms with Crippen molar-refractivity contribution < 1.29 is 19.3 Å². The Labute approximate surface area is 73.4 Å². The first-order valence-electron chi connectivity index (χ1n) is 4.08. The van der Waals surface area contributed by atoms with Gasteiger partial charge in [-0.15, -0.1) is 0 Å². The summed E-state index contributed by atoms with van der Waals surface area (Å²) in [6.07, 6.45) is 1.06. The summed E-state index contributed by atoms with van der Waals surface area (Å²) in [5, 5.41) is 9.03. The van der Waals surface area contributed by atoms with Crippen molar-refractivity contribution in [3.8, 4) is 0 Å². The van der Waals surface area contributed by atoms with Gasteiger partial charge in [-0.2, -0.15) is 0 Å². The fourth-order valence-electron chi connectivity index (χ4n) is 0.759. The van der Waals surface area contributed by atoms with Crippen LogP contribution < -0.4 is 0 Å². The maximum absolute atomic E-state index is 9.03. The molecule has 12 heavy (non-hydrogen) atoms. The normalized spacial score (nSPS) is 13.2. The van der Waals surface area contributed by atoms with E-state index in [0.717, 1.165) is 19.4 Å². The molecule has 0 aliphatic heterocycles. The highest BCUT2D eigenvalue weighted by atomic mass is 16.6. The summed E-state index contributed by atoms with van der Waals surface area (Å²) in [7, 11) is 3.19. The van der Waals surface area contributed by atoms with Gasteiger partial charge in [-0.05, 0) is 12.8 Å². The van der Waals surface area contributed by atoms with Gasteiger partial charge < -0.3 is 19.3 Å². The molecule has 0 aliphatic rings. The monoisotopic (exact) mass is 178 g/mol. The molecule has 0 bridgehead atoms. The summed E-state index contributed by atoms with van der Waals surface area (Å²) in [6.45, 7) is 1.52. The Morgan fingerprint density at radius 2 is 1.75 bits per heavy atom. The third-order valence-electron chi connectivity index (χ3n) is 1.36. The third kappa shape index (κ3) is 7.94. The number of unbranched alkanes of at least 4 members (excludes halogenated alkanes) is 1. The molecule has 0 aliphatic carbocycles. The van der Waals surface area contributed by atoms with E-state index in [-0.39, 0.29) is 6.61 Å². The molecule has 0 fully saturated rings. The average Bonchev–Trinajstić information content (AvgIpc) is 2.05. The van der Waals surface area contributed by atoms with Crippen molar-refractivity contribution in [2.45, 2.75) is 19.1 Å². The van der Waals surface area contributed by atoms with Crippen LogP contribution in [0, 0.1) is 0 Å². The van der Waals surface area contributed by atoms with Gasteiger partial charge in [-0.1, -0.05) is 0 Å². The molecule has 0 rings (SSSR count). The maximum atomic E-state index is 9.03. The lowest BCUT2D eigenvalue weighted by atomic mass is 10.3. The topological polar surface area (TPSA) is 47.9 Å². The zero-order valence-corrected chi connectivity index (χ0v) is 7.78. The van der Waals surface area contributed by atoms with Crippen molar-refractivity contribution in [2.75, 3.05) is 34.0 Å². The third-order valence-corrected chi connectivity index (χ3v) is 1.36. The summed E-state index contributed by atoms with van der Waals surface area (Å²) in [6, 6.07) is 0. The van der Waals surface area contributed by atoms with Gasteiger partial charge in [-0.3, -0.25) is 0 Å². The Hall–Kier alpha value is -0.160. The predicted octanol–water partition coefficient (Wildman–Crippen LogP) is 0.394. The molecule has 0 saturated heterocycles. The van der Waals surface area contributed by atoms with Crippen molar-refractivity contribution in [1.82, 2.24) is 0 Å². The van der Waals surface area contributed by atoms with E-state index in [4.69, 9.17) is 14.6 Å². The summed E-state index contributed by atoms with van der Waals surface area (Å²) in [5.41, 5.74) is 0. The minimum atomic E-state index is -0.794. The number of rotatable bonds is 8. The van der Waals surface area contributed by atoms with Crippen LogP contribution in [0.5, 0.6) is 0 Å². The number of hydrogen-bond donors (Lipinski definition) is 1. The predicted molar refractivity (Wildman–Crippen MR) is 44.9 cm³/mol. The number of hydrogen-bond acceptors (Lipinski definition) is 4. The molecule has 1 atom stereocenters. The lowest BCUT2D eigenvalue weighted by Gasteiger charge is -2.10. The van der Waals surface area contributed by atoms with Crippen LogP contribution in [0.4, 0.5) is 0 Å². The minimum Gasteiger partial charge on any atom is -0.385 e. The average molecular weight is 178 g/mol. The highest BCUT2D eigenvalue weighted by molar-refractivity contribution is 4.40. The molecule has 0 saturated carbocycles. The van der Waals surface area contributed by atoms with E-state index in [0.29, 0.717) is 6.61 Å². The van der Waals surface area contributed by atoms with E-state index in [2.05, 4.69) is 4.74 Å². The van der Waals surface area contributed by atoms with E-state index in [9.17, 15) is 0 Å². The molecule has 0 spiro atoms. The van der Waals surface area contributed by atoms with Crippen molar-refractivity contribution >= 4 is 0 Å². The molecule has 0 radical (unpaired) electrons. The highest BCUT2D eigenvalue weighted by Gasteiger charge is 2.01. The van der Waals surface area contributed by atoms with Gasteiger partial charge in [-0.25, -0.2) is 0 Å². The van der Waals surface area contributed by atoms with Crippen LogP contribution in [0.1, 0.15) is 12.8 Å². The van der Waals surface area contributed by atoms with E-state index in [1.165, 1.54) is 7.11 Å². The van der Waals surface area contributed by atoms with Crippen molar-refractivity contribution in [3.63, 3.8) is 0 Å². The van der Waals surface area contributed by atoms with E-state index in [1.54, 1.807) is 7.11 Å². The Morgan fingerprint density at radius 3 is 2.33 bits per heavy atom. The number of methoxy groups -OCH3 is 2.